The van der Waals surface area contributed by atoms with E-state index in [0.29, 0.717) is 17.0 Å². The predicted octanol–water partition coefficient (Wildman–Crippen LogP) is 4.38. The van der Waals surface area contributed by atoms with Crippen molar-refractivity contribution in [2.75, 3.05) is 19.5 Å². The van der Waals surface area contributed by atoms with Crippen molar-refractivity contribution in [3.63, 3.8) is 0 Å². The molecular weight excluding hydrogens is 321 g/mol. The summed E-state index contributed by atoms with van der Waals surface area (Å²) >= 11 is 0. The molecule has 7 heteroatoms. The van der Waals surface area contributed by atoms with Crippen molar-refractivity contribution in [3.8, 4) is 5.75 Å². The number of halogens is 3. The smallest absolute Gasteiger partial charge is 0.416 e. The fourth-order valence-electron chi connectivity index (χ4n) is 2.08. The lowest BCUT2D eigenvalue weighted by atomic mass is 10.1. The average Bonchev–Trinajstić information content (AvgIpc) is 2.55. The summed E-state index contributed by atoms with van der Waals surface area (Å²) < 4.78 is 43.2. The molecule has 0 fully saturated rings. The number of hydrogen-bond acceptors (Lipinski definition) is 2. The summed E-state index contributed by atoms with van der Waals surface area (Å²) in [6.45, 7) is 0.0614. The van der Waals surface area contributed by atoms with Crippen LogP contribution in [0.25, 0.3) is 0 Å². The van der Waals surface area contributed by atoms with Gasteiger partial charge < -0.3 is 15.0 Å². The van der Waals surface area contributed by atoms with Crippen molar-refractivity contribution in [1.82, 2.24) is 4.90 Å². The second-order valence-electron chi connectivity index (χ2n) is 5.21. The third-order valence-electron chi connectivity index (χ3n) is 3.36. The van der Waals surface area contributed by atoms with Crippen LogP contribution in [0, 0.1) is 0 Å². The van der Waals surface area contributed by atoms with Crippen LogP contribution in [-0.4, -0.2) is 25.1 Å². The lowest BCUT2D eigenvalue weighted by Gasteiger charge is -2.19. The number of nitrogens with one attached hydrogen (secondary N) is 1. The summed E-state index contributed by atoms with van der Waals surface area (Å²) in [5.41, 5.74) is 0.234. The first-order valence-corrected chi connectivity index (χ1v) is 7.12. The van der Waals surface area contributed by atoms with Gasteiger partial charge in [0.1, 0.15) is 5.75 Å². The molecule has 2 aromatic rings. The molecule has 4 nitrogen and oxygen atoms in total. The van der Waals surface area contributed by atoms with E-state index in [2.05, 4.69) is 5.32 Å². The molecule has 0 spiro atoms. The van der Waals surface area contributed by atoms with E-state index in [-0.39, 0.29) is 6.54 Å². The van der Waals surface area contributed by atoms with Crippen LogP contribution in [-0.2, 0) is 12.7 Å². The van der Waals surface area contributed by atoms with Gasteiger partial charge in [-0.3, -0.25) is 0 Å². The van der Waals surface area contributed by atoms with Gasteiger partial charge in [0.15, 0.2) is 0 Å². The first-order valence-electron chi connectivity index (χ1n) is 7.12. The number of hydrogen-bond donors (Lipinski definition) is 1. The summed E-state index contributed by atoms with van der Waals surface area (Å²) in [5.74, 6) is 0.658. The number of benzene rings is 2. The predicted molar refractivity (Wildman–Crippen MR) is 84.9 cm³/mol. The van der Waals surface area contributed by atoms with Crippen LogP contribution in [0.1, 0.15) is 11.1 Å². The highest BCUT2D eigenvalue weighted by atomic mass is 19.4. The average molecular weight is 338 g/mol. The first kappa shape index (κ1) is 17.7. The van der Waals surface area contributed by atoms with Crippen molar-refractivity contribution in [1.29, 1.82) is 0 Å². The van der Waals surface area contributed by atoms with E-state index in [1.54, 1.807) is 30.3 Å². The third-order valence-corrected chi connectivity index (χ3v) is 3.36. The maximum Gasteiger partial charge on any atom is 0.416 e. The van der Waals surface area contributed by atoms with Crippen LogP contribution in [0.2, 0.25) is 0 Å². The van der Waals surface area contributed by atoms with Gasteiger partial charge >= 0.3 is 12.2 Å². The second kappa shape index (κ2) is 7.25. The Labute approximate surface area is 137 Å². The molecule has 0 atom stereocenters. The van der Waals surface area contributed by atoms with Crippen molar-refractivity contribution < 1.29 is 22.7 Å². The molecule has 0 aliphatic rings. The Morgan fingerprint density at radius 3 is 2.42 bits per heavy atom. The van der Waals surface area contributed by atoms with Gasteiger partial charge in [0.2, 0.25) is 0 Å². The molecule has 0 bridgehead atoms. The summed E-state index contributed by atoms with van der Waals surface area (Å²) in [6.07, 6.45) is -4.40. The molecular formula is C17H17F3N2O2. The Kier molecular flexibility index (Phi) is 5.33. The Bertz CT molecular complexity index is 700. The van der Waals surface area contributed by atoms with Crippen LogP contribution in [0.3, 0.4) is 0 Å². The molecule has 0 radical (unpaired) electrons. The van der Waals surface area contributed by atoms with E-state index in [4.69, 9.17) is 4.74 Å². The van der Waals surface area contributed by atoms with Crippen LogP contribution >= 0.6 is 0 Å². The zero-order valence-electron chi connectivity index (χ0n) is 13.2. The molecule has 0 heterocycles. The molecule has 0 unspecified atom stereocenters. The molecule has 128 valence electrons. The number of methoxy groups -OCH3 is 1. The van der Waals surface area contributed by atoms with Crippen molar-refractivity contribution >= 4 is 11.7 Å². The molecule has 0 saturated heterocycles. The Balaban J connectivity index is 2.00. The quantitative estimate of drug-likeness (QED) is 0.899. The zero-order chi connectivity index (χ0) is 17.7. The molecule has 0 aliphatic heterocycles. The number of urea groups is 1. The monoisotopic (exact) mass is 338 g/mol. The van der Waals surface area contributed by atoms with E-state index < -0.39 is 17.8 Å². The maximum absolute atomic E-state index is 12.7. The minimum Gasteiger partial charge on any atom is -0.497 e. The normalized spacial score (nSPS) is 11.0. The zero-order valence-corrected chi connectivity index (χ0v) is 13.2. The van der Waals surface area contributed by atoms with E-state index in [0.717, 1.165) is 12.1 Å². The van der Waals surface area contributed by atoms with E-state index in [1.807, 2.05) is 0 Å². The SMILES string of the molecule is COc1ccc(NC(=O)N(C)Cc2cccc(C(F)(F)F)c2)cc1. The highest BCUT2D eigenvalue weighted by Crippen LogP contribution is 2.29. The number of carbonyl (C=O) groups is 1. The minimum absolute atomic E-state index is 0.0614. The Morgan fingerprint density at radius 2 is 1.83 bits per heavy atom. The number of ether oxygens (including phenoxy) is 1. The molecule has 2 rings (SSSR count). The van der Waals surface area contributed by atoms with Crippen molar-refractivity contribution in [3.05, 3.63) is 59.7 Å². The fourth-order valence-corrected chi connectivity index (χ4v) is 2.08. The standard InChI is InChI=1S/C17H17F3N2O2/c1-22(11-12-4-3-5-13(10-12)17(18,19)20)16(23)21-14-6-8-15(24-2)9-7-14/h3-10H,11H2,1-2H3,(H,21,23). The molecule has 24 heavy (non-hydrogen) atoms. The van der Waals surface area contributed by atoms with E-state index in [9.17, 15) is 18.0 Å². The van der Waals surface area contributed by atoms with Gasteiger partial charge in [-0.15, -0.1) is 0 Å². The topological polar surface area (TPSA) is 41.6 Å². The fraction of sp³-hybridized carbons (Fsp3) is 0.235. The third kappa shape index (κ3) is 4.65. The number of alkyl halides is 3. The molecule has 2 aromatic carbocycles. The highest BCUT2D eigenvalue weighted by Gasteiger charge is 2.30. The molecule has 0 aliphatic carbocycles. The molecule has 0 saturated carbocycles. The summed E-state index contributed by atoms with van der Waals surface area (Å²) in [5, 5.41) is 2.67. The van der Waals surface area contributed by atoms with Crippen LogP contribution in [0.5, 0.6) is 5.75 Å². The summed E-state index contributed by atoms with van der Waals surface area (Å²) in [6, 6.07) is 11.2. The van der Waals surface area contributed by atoms with Crippen molar-refractivity contribution in [2.24, 2.45) is 0 Å². The first-order chi connectivity index (χ1) is 11.3. The number of carbonyl (C=O) groups excluding carboxylic acids is 1. The number of nitrogens with zero attached hydrogens (tertiary/aromatic N) is 1. The van der Waals surface area contributed by atoms with Gasteiger partial charge in [0.05, 0.1) is 12.7 Å². The van der Waals surface area contributed by atoms with Gasteiger partial charge in [-0.2, -0.15) is 13.2 Å². The van der Waals surface area contributed by atoms with Crippen LogP contribution in [0.4, 0.5) is 23.7 Å². The molecule has 1 N–H and O–H groups in total. The van der Waals surface area contributed by atoms with E-state index >= 15 is 0 Å². The lowest BCUT2D eigenvalue weighted by Crippen LogP contribution is -2.30. The Morgan fingerprint density at radius 1 is 1.17 bits per heavy atom. The van der Waals surface area contributed by atoms with Gasteiger partial charge in [-0.1, -0.05) is 12.1 Å². The second-order valence-corrected chi connectivity index (χ2v) is 5.21. The molecule has 2 amide bonds. The minimum atomic E-state index is -4.40. The number of amides is 2. The highest BCUT2D eigenvalue weighted by molar-refractivity contribution is 5.89. The largest absolute Gasteiger partial charge is 0.497 e. The van der Waals surface area contributed by atoms with Gasteiger partial charge in [-0.25, -0.2) is 4.79 Å². The summed E-state index contributed by atoms with van der Waals surface area (Å²) in [7, 11) is 3.05. The summed E-state index contributed by atoms with van der Waals surface area (Å²) in [4.78, 5) is 13.4. The molecule has 0 aromatic heterocycles. The van der Waals surface area contributed by atoms with E-state index in [1.165, 1.54) is 25.1 Å². The number of rotatable bonds is 4. The Hall–Kier alpha value is -2.70. The number of anilines is 1. The van der Waals surface area contributed by atoms with Crippen molar-refractivity contribution in [2.45, 2.75) is 12.7 Å². The van der Waals surface area contributed by atoms with Crippen LogP contribution in [0.15, 0.2) is 48.5 Å². The van der Waals surface area contributed by atoms with Crippen LogP contribution < -0.4 is 10.1 Å². The van der Waals surface area contributed by atoms with Gasteiger partial charge in [-0.05, 0) is 42.0 Å². The lowest BCUT2D eigenvalue weighted by molar-refractivity contribution is -0.137. The van der Waals surface area contributed by atoms with Gasteiger partial charge in [0, 0.05) is 19.3 Å². The maximum atomic E-state index is 12.7. The van der Waals surface area contributed by atoms with Gasteiger partial charge in [0.25, 0.3) is 0 Å².